The standard InChI is InChI=1S/C74H120O6/c1-4-7-10-13-16-19-22-25-28-31-34-36-37-39-40-43-46-49-52-55-58-61-64-67-73(76)79-70-71(69-78-72(75)66-63-60-57-54-51-48-45-42-33-30-27-24-21-18-15-12-9-6-3)80-74(77)68-65-62-59-56-53-50-47-44-41-38-35-32-29-26-23-20-17-14-11-8-5-2/h7-8,10-11,16-17,19-20,25-26,28-30,33-36,38-40,44,47,53,56,71H,4-6,9,12-15,18,21-24,27,31-32,37,41-43,45-46,48-52,54-55,57-70H2,1-3H3/b10-7-,11-8-,19-16-,20-17-,28-25-,29-26-,33-30-,36-34-,38-35-,40-39-,47-44-,56-53-. The Hall–Kier alpha value is -4.71. The van der Waals surface area contributed by atoms with E-state index in [0.29, 0.717) is 19.3 Å². The third-order valence-electron chi connectivity index (χ3n) is 13.6. The normalized spacial score (nSPS) is 13.1. The maximum atomic E-state index is 12.9. The lowest BCUT2D eigenvalue weighted by molar-refractivity contribution is -0.167. The first-order valence-corrected chi connectivity index (χ1v) is 32.8. The van der Waals surface area contributed by atoms with Gasteiger partial charge in [0, 0.05) is 19.3 Å². The highest BCUT2D eigenvalue weighted by Crippen LogP contribution is 2.15. The maximum absolute atomic E-state index is 12.9. The molecule has 452 valence electrons. The van der Waals surface area contributed by atoms with Gasteiger partial charge in [-0.2, -0.15) is 0 Å². The van der Waals surface area contributed by atoms with Gasteiger partial charge in [0.25, 0.3) is 0 Å². The Kier molecular flexibility index (Phi) is 62.9. The molecule has 80 heavy (non-hydrogen) atoms. The van der Waals surface area contributed by atoms with Gasteiger partial charge in [-0.3, -0.25) is 14.4 Å². The third kappa shape index (κ3) is 64.1. The Morgan fingerprint density at radius 1 is 0.263 bits per heavy atom. The van der Waals surface area contributed by atoms with Gasteiger partial charge in [-0.25, -0.2) is 0 Å². The molecule has 0 N–H and O–H groups in total. The van der Waals surface area contributed by atoms with Gasteiger partial charge in [-0.15, -0.1) is 0 Å². The van der Waals surface area contributed by atoms with E-state index in [0.717, 1.165) is 128 Å². The van der Waals surface area contributed by atoms with Crippen LogP contribution in [0, 0.1) is 0 Å². The summed E-state index contributed by atoms with van der Waals surface area (Å²) in [6, 6.07) is 0. The van der Waals surface area contributed by atoms with Crippen molar-refractivity contribution in [3.05, 3.63) is 146 Å². The van der Waals surface area contributed by atoms with Gasteiger partial charge >= 0.3 is 17.9 Å². The molecule has 0 aromatic carbocycles. The number of carbonyl (C=O) groups is 3. The molecule has 0 fully saturated rings. The number of hydrogen-bond donors (Lipinski definition) is 0. The quantitative estimate of drug-likeness (QED) is 0.0261. The van der Waals surface area contributed by atoms with Crippen LogP contribution in [-0.2, 0) is 28.6 Å². The van der Waals surface area contributed by atoms with E-state index >= 15 is 0 Å². The lowest BCUT2D eigenvalue weighted by Gasteiger charge is -2.18. The molecule has 0 heterocycles. The van der Waals surface area contributed by atoms with E-state index in [-0.39, 0.29) is 37.5 Å². The highest BCUT2D eigenvalue weighted by atomic mass is 16.6. The molecule has 0 aromatic heterocycles. The zero-order valence-electron chi connectivity index (χ0n) is 51.8. The second kappa shape index (κ2) is 66.8. The number of carbonyl (C=O) groups excluding carboxylic acids is 3. The fraction of sp³-hybridized carbons (Fsp3) is 0.635. The van der Waals surface area contributed by atoms with Crippen molar-refractivity contribution in [1.82, 2.24) is 0 Å². The minimum absolute atomic E-state index is 0.106. The molecule has 0 aliphatic rings. The van der Waals surface area contributed by atoms with E-state index < -0.39 is 6.10 Å². The molecular weight excluding hydrogens is 985 g/mol. The van der Waals surface area contributed by atoms with Crippen LogP contribution in [0.25, 0.3) is 0 Å². The fourth-order valence-electron chi connectivity index (χ4n) is 8.70. The Bertz CT molecular complexity index is 1750. The van der Waals surface area contributed by atoms with Crippen molar-refractivity contribution < 1.29 is 28.6 Å². The molecule has 1 atom stereocenters. The highest BCUT2D eigenvalue weighted by molar-refractivity contribution is 5.71. The summed E-state index contributed by atoms with van der Waals surface area (Å²) >= 11 is 0. The van der Waals surface area contributed by atoms with E-state index in [1.165, 1.54) is 109 Å². The average Bonchev–Trinajstić information content (AvgIpc) is 3.46. The van der Waals surface area contributed by atoms with Crippen molar-refractivity contribution in [2.45, 2.75) is 290 Å². The van der Waals surface area contributed by atoms with E-state index in [9.17, 15) is 14.4 Å². The molecule has 0 amide bonds. The molecular formula is C74H120O6. The third-order valence-corrected chi connectivity index (χ3v) is 13.6. The predicted molar refractivity (Wildman–Crippen MR) is 348 cm³/mol. The Morgan fingerprint density at radius 2 is 0.487 bits per heavy atom. The summed E-state index contributed by atoms with van der Waals surface area (Å²) in [6.07, 6.45) is 95.6. The van der Waals surface area contributed by atoms with E-state index in [2.05, 4.69) is 167 Å². The highest BCUT2D eigenvalue weighted by Gasteiger charge is 2.19. The molecule has 0 aliphatic heterocycles. The van der Waals surface area contributed by atoms with Crippen molar-refractivity contribution in [3.8, 4) is 0 Å². The largest absolute Gasteiger partial charge is 0.462 e. The molecule has 0 aromatic rings. The van der Waals surface area contributed by atoms with Gasteiger partial charge in [0.15, 0.2) is 6.10 Å². The number of ether oxygens (including phenoxy) is 3. The predicted octanol–water partition coefficient (Wildman–Crippen LogP) is 22.7. The molecule has 0 saturated heterocycles. The summed E-state index contributed by atoms with van der Waals surface area (Å²) in [5.41, 5.74) is 0. The molecule has 0 aliphatic carbocycles. The molecule has 6 nitrogen and oxygen atoms in total. The molecule has 6 heteroatoms. The van der Waals surface area contributed by atoms with E-state index in [1.807, 2.05) is 0 Å². The van der Waals surface area contributed by atoms with Gasteiger partial charge in [0.05, 0.1) is 0 Å². The zero-order chi connectivity index (χ0) is 57.8. The second-order valence-electron chi connectivity index (χ2n) is 21.3. The summed E-state index contributed by atoms with van der Waals surface area (Å²) < 4.78 is 16.9. The average molecular weight is 1110 g/mol. The Labute approximate surface area is 493 Å². The van der Waals surface area contributed by atoms with Crippen LogP contribution < -0.4 is 0 Å². The lowest BCUT2D eigenvalue weighted by atomic mass is 10.1. The van der Waals surface area contributed by atoms with Gasteiger partial charge in [-0.05, 0) is 141 Å². The zero-order valence-corrected chi connectivity index (χ0v) is 51.8. The molecule has 0 bridgehead atoms. The minimum atomic E-state index is -0.816. The minimum Gasteiger partial charge on any atom is -0.462 e. The first-order chi connectivity index (χ1) is 39.5. The van der Waals surface area contributed by atoms with Crippen molar-refractivity contribution in [3.63, 3.8) is 0 Å². The summed E-state index contributed by atoms with van der Waals surface area (Å²) in [7, 11) is 0. The lowest BCUT2D eigenvalue weighted by Crippen LogP contribution is -2.30. The summed E-state index contributed by atoms with van der Waals surface area (Å²) in [6.45, 7) is 6.37. The number of esters is 3. The summed E-state index contributed by atoms with van der Waals surface area (Å²) in [4.78, 5) is 38.4. The molecule has 0 saturated carbocycles. The van der Waals surface area contributed by atoms with Crippen LogP contribution in [0.1, 0.15) is 284 Å². The van der Waals surface area contributed by atoms with Gasteiger partial charge in [-0.1, -0.05) is 269 Å². The number of rotatable bonds is 58. The number of hydrogen-bond acceptors (Lipinski definition) is 6. The molecule has 0 spiro atoms. The van der Waals surface area contributed by atoms with Crippen LogP contribution in [0.4, 0.5) is 0 Å². The van der Waals surface area contributed by atoms with E-state index in [4.69, 9.17) is 14.2 Å². The van der Waals surface area contributed by atoms with Crippen LogP contribution in [0.2, 0.25) is 0 Å². The van der Waals surface area contributed by atoms with Crippen molar-refractivity contribution >= 4 is 17.9 Å². The smallest absolute Gasteiger partial charge is 0.306 e. The van der Waals surface area contributed by atoms with Crippen molar-refractivity contribution in [2.75, 3.05) is 13.2 Å². The van der Waals surface area contributed by atoms with Crippen LogP contribution in [0.3, 0.4) is 0 Å². The topological polar surface area (TPSA) is 78.9 Å². The molecule has 1 unspecified atom stereocenters. The molecule has 0 rings (SSSR count). The number of unbranched alkanes of at least 4 members (excludes halogenated alkanes) is 23. The van der Waals surface area contributed by atoms with Crippen LogP contribution in [-0.4, -0.2) is 37.2 Å². The monoisotopic (exact) mass is 1100 g/mol. The van der Waals surface area contributed by atoms with Gasteiger partial charge < -0.3 is 14.2 Å². The van der Waals surface area contributed by atoms with Crippen molar-refractivity contribution in [1.29, 1.82) is 0 Å². The van der Waals surface area contributed by atoms with Crippen LogP contribution in [0.15, 0.2) is 146 Å². The second-order valence-corrected chi connectivity index (χ2v) is 21.3. The van der Waals surface area contributed by atoms with Gasteiger partial charge in [0.1, 0.15) is 13.2 Å². The van der Waals surface area contributed by atoms with E-state index in [1.54, 1.807) is 0 Å². The van der Waals surface area contributed by atoms with Gasteiger partial charge in [0.2, 0.25) is 0 Å². The SMILES string of the molecule is CC/C=C\C/C=C\C/C=C\C/C=C\C/C=C\C/C=C\CCCCC(=O)OC(COC(=O)CCCCCCCCC/C=C\C/C=C\C/C=C\C/C=C\C/C=C\CC)COC(=O)CCCCCCCCC/C=C\CCCCCCCCC. The number of allylic oxidation sites excluding steroid dienone is 24. The summed E-state index contributed by atoms with van der Waals surface area (Å²) in [5.74, 6) is -0.963. The maximum Gasteiger partial charge on any atom is 0.306 e. The van der Waals surface area contributed by atoms with Crippen molar-refractivity contribution in [2.24, 2.45) is 0 Å². The Morgan fingerprint density at radius 3 is 0.800 bits per heavy atom. The van der Waals surface area contributed by atoms with Crippen LogP contribution in [0.5, 0.6) is 0 Å². The fourth-order valence-corrected chi connectivity index (χ4v) is 8.70. The first-order valence-electron chi connectivity index (χ1n) is 32.8. The van der Waals surface area contributed by atoms with Crippen LogP contribution >= 0.6 is 0 Å². The molecule has 0 radical (unpaired) electrons. The first kappa shape index (κ1) is 75.3. The summed E-state index contributed by atoms with van der Waals surface area (Å²) in [5, 5.41) is 0. The Balaban J connectivity index is 4.51.